The molecule has 162 valence electrons. The molecule has 1 aliphatic heterocycles. The van der Waals surface area contributed by atoms with Gasteiger partial charge in [-0.25, -0.2) is 21.6 Å². The first-order chi connectivity index (χ1) is 14.8. The fraction of sp³-hybridized carbons (Fsp3) is 0.200. The first-order valence-electron chi connectivity index (χ1n) is 9.24. The van der Waals surface area contributed by atoms with E-state index in [1.165, 1.54) is 11.0 Å². The molecule has 11 heteroatoms. The summed E-state index contributed by atoms with van der Waals surface area (Å²) < 4.78 is 71.9. The molecular weight excluding hydrogens is 435 g/mol. The zero-order chi connectivity index (χ0) is 22.2. The molecule has 0 saturated carbocycles. The molecule has 0 N–H and O–H groups in total. The first-order valence-corrected chi connectivity index (χ1v) is 10.7. The van der Waals surface area contributed by atoms with Gasteiger partial charge in [0.25, 0.3) is 5.91 Å². The van der Waals surface area contributed by atoms with Crippen LogP contribution in [0.5, 0.6) is 0 Å². The van der Waals surface area contributed by atoms with Gasteiger partial charge in [-0.2, -0.15) is 4.31 Å². The second-order valence-electron chi connectivity index (χ2n) is 6.81. The van der Waals surface area contributed by atoms with Crippen molar-refractivity contribution in [2.75, 3.05) is 26.2 Å². The molecule has 0 spiro atoms. The van der Waals surface area contributed by atoms with Crippen molar-refractivity contribution in [2.24, 2.45) is 0 Å². The maximum atomic E-state index is 14.0. The number of sulfonamides is 1. The van der Waals surface area contributed by atoms with Crippen LogP contribution in [0.4, 0.5) is 13.2 Å². The van der Waals surface area contributed by atoms with Crippen LogP contribution < -0.4 is 0 Å². The van der Waals surface area contributed by atoms with Gasteiger partial charge in [0.15, 0.2) is 17.5 Å². The summed E-state index contributed by atoms with van der Waals surface area (Å²) in [6.07, 6.45) is 0. The summed E-state index contributed by atoms with van der Waals surface area (Å²) in [5, 5.41) is 3.88. The predicted octanol–water partition coefficient (Wildman–Crippen LogP) is 2.91. The molecule has 4 rings (SSSR count). The van der Waals surface area contributed by atoms with Crippen LogP contribution in [0.2, 0.25) is 0 Å². The summed E-state index contributed by atoms with van der Waals surface area (Å²) >= 11 is 0. The number of carbonyl (C=O) groups is 1. The van der Waals surface area contributed by atoms with E-state index in [2.05, 4.69) is 5.16 Å². The fourth-order valence-electron chi connectivity index (χ4n) is 3.25. The maximum absolute atomic E-state index is 14.0. The van der Waals surface area contributed by atoms with E-state index < -0.39 is 38.3 Å². The van der Waals surface area contributed by atoms with Crippen LogP contribution in [0.3, 0.4) is 0 Å². The molecule has 1 saturated heterocycles. The van der Waals surface area contributed by atoms with E-state index in [1.54, 1.807) is 0 Å². The predicted molar refractivity (Wildman–Crippen MR) is 103 cm³/mol. The van der Waals surface area contributed by atoms with Crippen LogP contribution in [0, 0.1) is 17.5 Å². The molecule has 1 fully saturated rings. The number of hydrogen-bond donors (Lipinski definition) is 0. The number of benzene rings is 2. The average molecular weight is 451 g/mol. The van der Waals surface area contributed by atoms with Crippen molar-refractivity contribution in [1.29, 1.82) is 0 Å². The normalized spacial score (nSPS) is 15.3. The van der Waals surface area contributed by atoms with Crippen molar-refractivity contribution in [3.05, 3.63) is 71.7 Å². The summed E-state index contributed by atoms with van der Waals surface area (Å²) in [4.78, 5) is 13.1. The molecule has 2 heterocycles. The van der Waals surface area contributed by atoms with Gasteiger partial charge in [-0.1, -0.05) is 35.5 Å². The maximum Gasteiger partial charge on any atom is 0.292 e. The van der Waals surface area contributed by atoms with E-state index in [4.69, 9.17) is 4.52 Å². The van der Waals surface area contributed by atoms with E-state index in [9.17, 15) is 26.4 Å². The van der Waals surface area contributed by atoms with Gasteiger partial charge in [0.05, 0.1) is 0 Å². The monoisotopic (exact) mass is 451 g/mol. The van der Waals surface area contributed by atoms with Gasteiger partial charge < -0.3 is 9.42 Å². The SMILES string of the molecule is O=C(c1cc(-c2ccccc2)no1)N1CCN(S(=O)(=O)c2ccc(F)c(F)c2F)CC1. The van der Waals surface area contributed by atoms with Crippen LogP contribution >= 0.6 is 0 Å². The highest BCUT2D eigenvalue weighted by atomic mass is 32.2. The molecule has 7 nitrogen and oxygen atoms in total. The molecule has 1 aliphatic rings. The van der Waals surface area contributed by atoms with Gasteiger partial charge in [-0.15, -0.1) is 0 Å². The molecule has 0 aliphatic carbocycles. The number of amides is 1. The standard InChI is InChI=1S/C20H16F3N3O4S/c21-14-6-7-17(19(23)18(14)22)31(28,29)26-10-8-25(9-11-26)20(27)16-12-15(24-30-16)13-4-2-1-3-5-13/h1-7,12H,8-11H2. The largest absolute Gasteiger partial charge is 0.350 e. The number of piperazine rings is 1. The summed E-state index contributed by atoms with van der Waals surface area (Å²) in [5.41, 5.74) is 1.26. The smallest absolute Gasteiger partial charge is 0.292 e. The van der Waals surface area contributed by atoms with E-state index in [0.717, 1.165) is 9.87 Å². The molecule has 0 bridgehead atoms. The lowest BCUT2D eigenvalue weighted by Gasteiger charge is -2.33. The Kier molecular flexibility index (Phi) is 5.54. The van der Waals surface area contributed by atoms with E-state index in [1.807, 2.05) is 30.3 Å². The van der Waals surface area contributed by atoms with Crippen LogP contribution in [0.1, 0.15) is 10.6 Å². The number of aromatic nitrogens is 1. The highest BCUT2D eigenvalue weighted by Gasteiger charge is 2.34. The Bertz CT molecular complexity index is 1220. The Balaban J connectivity index is 1.46. The molecule has 31 heavy (non-hydrogen) atoms. The Morgan fingerprint density at radius 3 is 2.29 bits per heavy atom. The molecule has 2 aromatic carbocycles. The van der Waals surface area contributed by atoms with E-state index >= 15 is 0 Å². The second-order valence-corrected chi connectivity index (χ2v) is 8.72. The van der Waals surface area contributed by atoms with Crippen molar-refractivity contribution in [3.8, 4) is 11.3 Å². The Morgan fingerprint density at radius 2 is 1.61 bits per heavy atom. The molecular formula is C20H16F3N3O4S. The van der Waals surface area contributed by atoms with Crippen LogP contribution in [-0.4, -0.2) is 54.9 Å². The quantitative estimate of drug-likeness (QED) is 0.570. The van der Waals surface area contributed by atoms with Gasteiger partial charge in [0, 0.05) is 37.8 Å². The fourth-order valence-corrected chi connectivity index (χ4v) is 4.73. The zero-order valence-corrected chi connectivity index (χ0v) is 16.8. The molecule has 0 radical (unpaired) electrons. The van der Waals surface area contributed by atoms with Crippen LogP contribution in [-0.2, 0) is 10.0 Å². The third-order valence-electron chi connectivity index (χ3n) is 4.93. The van der Waals surface area contributed by atoms with Crippen molar-refractivity contribution < 1.29 is 30.9 Å². The highest BCUT2D eigenvalue weighted by Crippen LogP contribution is 2.25. The number of hydrogen-bond acceptors (Lipinski definition) is 5. The summed E-state index contributed by atoms with van der Waals surface area (Å²) in [6.45, 7) is -0.284. The lowest BCUT2D eigenvalue weighted by molar-refractivity contribution is 0.0656. The Hall–Kier alpha value is -3.18. The van der Waals surface area contributed by atoms with Crippen LogP contribution in [0.15, 0.2) is 57.9 Å². The topological polar surface area (TPSA) is 83.7 Å². The summed E-state index contributed by atoms with van der Waals surface area (Å²) in [5.74, 6) is -5.57. The molecule has 0 unspecified atom stereocenters. The Morgan fingerprint density at radius 1 is 0.935 bits per heavy atom. The minimum absolute atomic E-state index is 0.00168. The van der Waals surface area contributed by atoms with Gasteiger partial charge >= 0.3 is 0 Å². The number of carbonyl (C=O) groups excluding carboxylic acids is 1. The van der Waals surface area contributed by atoms with Crippen molar-refractivity contribution in [1.82, 2.24) is 14.4 Å². The Labute approximate surface area is 175 Å². The lowest BCUT2D eigenvalue weighted by atomic mass is 10.1. The van der Waals surface area contributed by atoms with Crippen molar-refractivity contribution in [3.63, 3.8) is 0 Å². The van der Waals surface area contributed by atoms with E-state index in [-0.39, 0.29) is 31.9 Å². The van der Waals surface area contributed by atoms with Crippen molar-refractivity contribution in [2.45, 2.75) is 4.90 Å². The lowest BCUT2D eigenvalue weighted by Crippen LogP contribution is -2.50. The van der Waals surface area contributed by atoms with E-state index in [0.29, 0.717) is 17.8 Å². The zero-order valence-electron chi connectivity index (χ0n) is 16.0. The average Bonchev–Trinajstić information content (AvgIpc) is 3.28. The second kappa shape index (κ2) is 8.16. The third kappa shape index (κ3) is 3.93. The van der Waals surface area contributed by atoms with Gasteiger partial charge in [0.1, 0.15) is 10.6 Å². The highest BCUT2D eigenvalue weighted by molar-refractivity contribution is 7.89. The number of nitrogens with zero attached hydrogens (tertiary/aromatic N) is 3. The molecule has 1 amide bonds. The first kappa shape index (κ1) is 21.1. The molecule has 1 aromatic heterocycles. The van der Waals surface area contributed by atoms with Crippen LogP contribution in [0.25, 0.3) is 11.3 Å². The minimum Gasteiger partial charge on any atom is -0.350 e. The number of rotatable bonds is 4. The third-order valence-corrected chi connectivity index (χ3v) is 6.85. The van der Waals surface area contributed by atoms with Gasteiger partial charge in [-0.05, 0) is 12.1 Å². The van der Waals surface area contributed by atoms with Crippen molar-refractivity contribution >= 4 is 15.9 Å². The summed E-state index contributed by atoms with van der Waals surface area (Å²) in [7, 11) is -4.40. The minimum atomic E-state index is -4.40. The summed E-state index contributed by atoms with van der Waals surface area (Å²) in [6, 6.07) is 11.8. The molecule has 0 atom stereocenters. The number of halogens is 3. The molecule has 3 aromatic rings. The van der Waals surface area contributed by atoms with Gasteiger partial charge in [-0.3, -0.25) is 4.79 Å². The van der Waals surface area contributed by atoms with Gasteiger partial charge in [0.2, 0.25) is 15.8 Å².